The van der Waals surface area contributed by atoms with Gasteiger partial charge in [0.2, 0.25) is 0 Å². The summed E-state index contributed by atoms with van der Waals surface area (Å²) in [4.78, 5) is 2.65. The molecule has 0 N–H and O–H groups in total. The molecule has 1 rings (SSSR count). The van der Waals surface area contributed by atoms with E-state index in [-0.39, 0.29) is 0 Å². The number of hydrogen-bond donors (Lipinski definition) is 0. The van der Waals surface area contributed by atoms with Crippen LogP contribution in [0.3, 0.4) is 0 Å². The molecule has 1 heterocycles. The molecule has 0 radical (unpaired) electrons. The zero-order valence-corrected chi connectivity index (χ0v) is 8.35. The first-order valence-corrected chi connectivity index (χ1v) is 4.88. The Morgan fingerprint density at radius 3 is 1.91 bits per heavy atom. The maximum Gasteiger partial charge on any atom is 0.0168 e. The second-order valence-electron chi connectivity index (χ2n) is 4.23. The molecule has 1 nitrogen and oxygen atoms in total. The monoisotopic (exact) mass is 155 g/mol. The van der Waals surface area contributed by atoms with Crippen LogP contribution in [-0.4, -0.2) is 23.0 Å². The molecule has 1 fully saturated rings. The molecular weight excluding hydrogens is 134 g/mol. The van der Waals surface area contributed by atoms with Gasteiger partial charge in [0.25, 0.3) is 0 Å². The van der Waals surface area contributed by atoms with Crippen molar-refractivity contribution in [3.8, 4) is 0 Å². The van der Waals surface area contributed by atoms with E-state index < -0.39 is 0 Å². The third-order valence-corrected chi connectivity index (χ3v) is 3.13. The van der Waals surface area contributed by atoms with Gasteiger partial charge in [-0.05, 0) is 33.1 Å². The van der Waals surface area contributed by atoms with Gasteiger partial charge in [-0.3, -0.25) is 4.90 Å². The number of nitrogens with zero attached hydrogens (tertiary/aromatic N) is 1. The van der Waals surface area contributed by atoms with Gasteiger partial charge in [0.05, 0.1) is 0 Å². The van der Waals surface area contributed by atoms with E-state index in [0.29, 0.717) is 5.54 Å². The van der Waals surface area contributed by atoms with Crippen molar-refractivity contribution in [3.63, 3.8) is 0 Å². The topological polar surface area (TPSA) is 3.24 Å². The van der Waals surface area contributed by atoms with E-state index in [1.807, 2.05) is 0 Å². The Kier molecular flexibility index (Phi) is 2.58. The zero-order chi connectivity index (χ0) is 8.48. The Balaban J connectivity index is 2.46. The number of likely N-dealkylation sites (tertiary alicyclic amines) is 1. The fourth-order valence-electron chi connectivity index (χ4n) is 2.09. The van der Waals surface area contributed by atoms with Gasteiger partial charge >= 0.3 is 0 Å². The van der Waals surface area contributed by atoms with Crippen molar-refractivity contribution in [1.29, 1.82) is 0 Å². The lowest BCUT2D eigenvalue weighted by Crippen LogP contribution is -2.59. The lowest BCUT2D eigenvalue weighted by atomic mass is 9.86. The van der Waals surface area contributed by atoms with Crippen molar-refractivity contribution in [3.05, 3.63) is 0 Å². The van der Waals surface area contributed by atoms with Crippen molar-refractivity contribution in [1.82, 2.24) is 4.90 Å². The molecular formula is C10H21N. The Bertz CT molecular complexity index is 125. The average Bonchev–Trinajstić information content (AvgIpc) is 1.98. The standard InChI is InChI=1S/C10H21N/c1-5-9(6-2)11-8-7-10(11,3)4/h9H,5-8H2,1-4H3. The van der Waals surface area contributed by atoms with E-state index in [2.05, 4.69) is 32.6 Å². The van der Waals surface area contributed by atoms with Crippen molar-refractivity contribution in [2.24, 2.45) is 0 Å². The molecule has 0 aromatic rings. The summed E-state index contributed by atoms with van der Waals surface area (Å²) >= 11 is 0. The van der Waals surface area contributed by atoms with Gasteiger partial charge in [0, 0.05) is 18.1 Å². The third kappa shape index (κ3) is 1.58. The van der Waals surface area contributed by atoms with Crippen LogP contribution in [0.4, 0.5) is 0 Å². The molecule has 0 atom stereocenters. The molecule has 0 saturated carbocycles. The van der Waals surface area contributed by atoms with Crippen molar-refractivity contribution >= 4 is 0 Å². The molecule has 11 heavy (non-hydrogen) atoms. The fourth-order valence-corrected chi connectivity index (χ4v) is 2.09. The highest BCUT2D eigenvalue weighted by atomic mass is 15.3. The normalized spacial score (nSPS) is 23.7. The van der Waals surface area contributed by atoms with Crippen LogP contribution in [0.15, 0.2) is 0 Å². The van der Waals surface area contributed by atoms with Crippen LogP contribution in [0, 0.1) is 0 Å². The van der Waals surface area contributed by atoms with Crippen LogP contribution in [-0.2, 0) is 0 Å². The smallest absolute Gasteiger partial charge is 0.0168 e. The molecule has 0 aromatic carbocycles. The predicted octanol–water partition coefficient (Wildman–Crippen LogP) is 2.66. The van der Waals surface area contributed by atoms with Crippen molar-refractivity contribution in [2.75, 3.05) is 6.54 Å². The van der Waals surface area contributed by atoms with E-state index >= 15 is 0 Å². The molecule has 0 amide bonds. The van der Waals surface area contributed by atoms with Crippen molar-refractivity contribution in [2.45, 2.75) is 58.5 Å². The average molecular weight is 155 g/mol. The molecule has 0 spiro atoms. The van der Waals surface area contributed by atoms with Crippen LogP contribution >= 0.6 is 0 Å². The number of hydrogen-bond acceptors (Lipinski definition) is 1. The summed E-state index contributed by atoms with van der Waals surface area (Å²) in [5.41, 5.74) is 0.497. The molecule has 66 valence electrons. The van der Waals surface area contributed by atoms with Gasteiger partial charge in [-0.25, -0.2) is 0 Å². The van der Waals surface area contributed by atoms with Gasteiger partial charge in [0.15, 0.2) is 0 Å². The van der Waals surface area contributed by atoms with E-state index in [0.717, 1.165) is 6.04 Å². The van der Waals surface area contributed by atoms with Crippen LogP contribution < -0.4 is 0 Å². The summed E-state index contributed by atoms with van der Waals surface area (Å²) in [6.07, 6.45) is 3.99. The van der Waals surface area contributed by atoms with Crippen LogP contribution in [0.1, 0.15) is 47.0 Å². The van der Waals surface area contributed by atoms with Gasteiger partial charge in [-0.15, -0.1) is 0 Å². The van der Waals surface area contributed by atoms with Crippen molar-refractivity contribution < 1.29 is 0 Å². The minimum Gasteiger partial charge on any atom is -0.295 e. The molecule has 1 saturated heterocycles. The Labute approximate surface area is 70.8 Å². The lowest BCUT2D eigenvalue weighted by Gasteiger charge is -2.52. The fraction of sp³-hybridized carbons (Fsp3) is 1.00. The molecule has 1 heteroatoms. The van der Waals surface area contributed by atoms with Crippen LogP contribution in [0.5, 0.6) is 0 Å². The summed E-state index contributed by atoms with van der Waals surface area (Å²) in [5, 5.41) is 0. The quantitative estimate of drug-likeness (QED) is 0.605. The Hall–Kier alpha value is -0.0400. The molecule has 1 aliphatic rings. The summed E-state index contributed by atoms with van der Waals surface area (Å²) in [6.45, 7) is 10.6. The van der Waals surface area contributed by atoms with Gasteiger partial charge in [-0.2, -0.15) is 0 Å². The molecule has 0 unspecified atom stereocenters. The van der Waals surface area contributed by atoms with Crippen LogP contribution in [0.25, 0.3) is 0 Å². The maximum atomic E-state index is 2.65. The molecule has 1 aliphatic heterocycles. The van der Waals surface area contributed by atoms with E-state index in [4.69, 9.17) is 0 Å². The second-order valence-corrected chi connectivity index (χ2v) is 4.23. The predicted molar refractivity (Wildman–Crippen MR) is 49.8 cm³/mol. The number of rotatable bonds is 3. The first-order valence-electron chi connectivity index (χ1n) is 4.88. The highest BCUT2D eigenvalue weighted by Gasteiger charge is 2.38. The second kappa shape index (κ2) is 3.14. The summed E-state index contributed by atoms with van der Waals surface area (Å²) in [5.74, 6) is 0. The van der Waals surface area contributed by atoms with E-state index in [1.165, 1.54) is 25.8 Å². The minimum absolute atomic E-state index is 0.497. The largest absolute Gasteiger partial charge is 0.295 e. The Morgan fingerprint density at radius 1 is 1.27 bits per heavy atom. The molecule has 0 aliphatic carbocycles. The Morgan fingerprint density at radius 2 is 1.82 bits per heavy atom. The van der Waals surface area contributed by atoms with Gasteiger partial charge in [-0.1, -0.05) is 13.8 Å². The van der Waals surface area contributed by atoms with E-state index in [1.54, 1.807) is 0 Å². The highest BCUT2D eigenvalue weighted by Crippen LogP contribution is 2.33. The lowest BCUT2D eigenvalue weighted by molar-refractivity contribution is -0.0270. The minimum atomic E-state index is 0.497. The SMILES string of the molecule is CCC(CC)N1CCC1(C)C. The zero-order valence-electron chi connectivity index (χ0n) is 8.35. The highest BCUT2D eigenvalue weighted by molar-refractivity contribution is 4.94. The van der Waals surface area contributed by atoms with Crippen LogP contribution in [0.2, 0.25) is 0 Å². The first kappa shape index (κ1) is 9.05. The maximum absolute atomic E-state index is 2.65. The summed E-state index contributed by atoms with van der Waals surface area (Å²) in [6, 6.07) is 0.832. The van der Waals surface area contributed by atoms with Gasteiger partial charge < -0.3 is 0 Å². The third-order valence-electron chi connectivity index (χ3n) is 3.13. The molecule has 0 aromatic heterocycles. The molecule has 0 bridgehead atoms. The van der Waals surface area contributed by atoms with Gasteiger partial charge in [0.1, 0.15) is 0 Å². The summed E-state index contributed by atoms with van der Waals surface area (Å²) in [7, 11) is 0. The van der Waals surface area contributed by atoms with E-state index in [9.17, 15) is 0 Å². The summed E-state index contributed by atoms with van der Waals surface area (Å²) < 4.78 is 0. The first-order chi connectivity index (χ1) is 5.11.